The molecule has 1 aromatic carbocycles. The van der Waals surface area contributed by atoms with Gasteiger partial charge in [-0.05, 0) is 12.1 Å². The minimum Gasteiger partial charge on any atom is -0.277 e. The van der Waals surface area contributed by atoms with Crippen LogP contribution in [0.3, 0.4) is 0 Å². The average molecular weight is 298 g/mol. The van der Waals surface area contributed by atoms with Gasteiger partial charge in [0.25, 0.3) is 5.56 Å². The first-order valence-corrected chi connectivity index (χ1v) is 5.38. The van der Waals surface area contributed by atoms with Gasteiger partial charge in [-0.15, -0.1) is 0 Å². The number of hydrogen-bond donors (Lipinski definition) is 1. The highest BCUT2D eigenvalue weighted by atomic mass is 79.9. The van der Waals surface area contributed by atoms with E-state index in [1.807, 2.05) is 0 Å². The maximum absolute atomic E-state index is 12.6. The topological polar surface area (TPSA) is 32.9 Å². The fourth-order valence-electron chi connectivity index (χ4n) is 1.27. The van der Waals surface area contributed by atoms with Gasteiger partial charge in [-0.3, -0.25) is 9.17 Å². The number of nitrogens with one attached hydrogen (secondary N) is 1. The van der Waals surface area contributed by atoms with Crippen LogP contribution in [0, 0.1) is 0 Å². The van der Waals surface area contributed by atoms with Gasteiger partial charge >= 0.3 is 6.18 Å². The van der Waals surface area contributed by atoms with Crippen molar-refractivity contribution in [3.05, 3.63) is 32.5 Å². The molecule has 0 aliphatic heterocycles. The fraction of sp³-hybridized carbons (Fsp3) is 0.125. The van der Waals surface area contributed by atoms with Gasteiger partial charge in [0, 0.05) is 4.47 Å². The molecule has 0 amide bonds. The van der Waals surface area contributed by atoms with Crippen LogP contribution in [-0.4, -0.2) is 4.37 Å². The number of aromatic nitrogens is 1. The summed E-state index contributed by atoms with van der Waals surface area (Å²) in [6.07, 6.45) is -4.52. The minimum atomic E-state index is -4.52. The summed E-state index contributed by atoms with van der Waals surface area (Å²) in [6, 6.07) is 2.39. The summed E-state index contributed by atoms with van der Waals surface area (Å²) >= 11 is 3.87. The third-order valence-corrected chi connectivity index (χ3v) is 3.14. The van der Waals surface area contributed by atoms with Crippen molar-refractivity contribution in [3.8, 4) is 0 Å². The zero-order chi connectivity index (χ0) is 11.2. The van der Waals surface area contributed by atoms with E-state index < -0.39 is 17.3 Å². The predicted molar refractivity (Wildman–Crippen MR) is 55.1 cm³/mol. The standard InChI is InChI=1S/C8H3BrF3NOS/c9-3-1-4(8(10,11)12)6-5(2-3)15-13-7(6)14/h1-2H,(H,13,14). The van der Waals surface area contributed by atoms with Crippen LogP contribution in [-0.2, 0) is 6.18 Å². The molecule has 80 valence electrons. The SMILES string of the molecule is O=c1[nH]sc2cc(Br)cc(C(F)(F)F)c12. The average Bonchev–Trinajstić information content (AvgIpc) is 2.44. The van der Waals surface area contributed by atoms with Gasteiger partial charge in [0.1, 0.15) is 0 Å². The van der Waals surface area contributed by atoms with E-state index in [-0.39, 0.29) is 5.39 Å². The molecule has 2 nitrogen and oxygen atoms in total. The fourth-order valence-corrected chi connectivity index (χ4v) is 2.68. The van der Waals surface area contributed by atoms with E-state index in [4.69, 9.17) is 0 Å². The number of benzene rings is 1. The first-order chi connectivity index (χ1) is 6.89. The number of halogens is 4. The number of rotatable bonds is 0. The molecule has 7 heteroatoms. The number of H-pyrrole nitrogens is 1. The van der Waals surface area contributed by atoms with E-state index in [0.29, 0.717) is 9.17 Å². The minimum absolute atomic E-state index is 0.293. The lowest BCUT2D eigenvalue weighted by Gasteiger charge is -2.07. The van der Waals surface area contributed by atoms with Crippen molar-refractivity contribution < 1.29 is 13.2 Å². The summed E-state index contributed by atoms with van der Waals surface area (Å²) in [4.78, 5) is 11.2. The third-order valence-electron chi connectivity index (χ3n) is 1.85. The maximum Gasteiger partial charge on any atom is 0.417 e. The molecule has 0 aliphatic carbocycles. The molecule has 1 heterocycles. The van der Waals surface area contributed by atoms with Crippen molar-refractivity contribution in [3.63, 3.8) is 0 Å². The summed E-state index contributed by atoms with van der Waals surface area (Å²) in [5, 5.41) is -0.296. The lowest BCUT2D eigenvalue weighted by molar-refractivity contribution is -0.136. The van der Waals surface area contributed by atoms with Crippen LogP contribution in [0.25, 0.3) is 10.1 Å². The maximum atomic E-state index is 12.6. The molecule has 0 aliphatic rings. The Morgan fingerprint density at radius 1 is 1.33 bits per heavy atom. The van der Waals surface area contributed by atoms with Crippen molar-refractivity contribution in [2.45, 2.75) is 6.18 Å². The molecule has 0 radical (unpaired) electrons. The summed E-state index contributed by atoms with van der Waals surface area (Å²) in [5.74, 6) is 0. The van der Waals surface area contributed by atoms with Gasteiger partial charge in [0.15, 0.2) is 0 Å². The second kappa shape index (κ2) is 3.34. The van der Waals surface area contributed by atoms with Crippen LogP contribution in [0.15, 0.2) is 21.4 Å². The van der Waals surface area contributed by atoms with Gasteiger partial charge in [0.2, 0.25) is 0 Å². The van der Waals surface area contributed by atoms with Crippen molar-refractivity contribution in [2.75, 3.05) is 0 Å². The molecule has 0 fully saturated rings. The molecule has 0 bridgehead atoms. The molecule has 0 atom stereocenters. The zero-order valence-corrected chi connectivity index (χ0v) is 9.39. The molecule has 0 saturated carbocycles. The summed E-state index contributed by atoms with van der Waals surface area (Å²) in [6.45, 7) is 0. The van der Waals surface area contributed by atoms with Crippen LogP contribution in [0.5, 0.6) is 0 Å². The van der Waals surface area contributed by atoms with Crippen molar-refractivity contribution >= 4 is 37.5 Å². The largest absolute Gasteiger partial charge is 0.417 e. The van der Waals surface area contributed by atoms with Crippen molar-refractivity contribution in [1.29, 1.82) is 0 Å². The summed E-state index contributed by atoms with van der Waals surface area (Å²) in [5.41, 5.74) is -1.61. The Balaban J connectivity index is 2.93. The highest BCUT2D eigenvalue weighted by Gasteiger charge is 2.34. The molecule has 0 spiro atoms. The third kappa shape index (κ3) is 1.81. The Bertz CT molecular complexity index is 571. The van der Waals surface area contributed by atoms with Gasteiger partial charge in [-0.1, -0.05) is 27.5 Å². The van der Waals surface area contributed by atoms with Gasteiger partial charge < -0.3 is 0 Å². The van der Waals surface area contributed by atoms with Crippen molar-refractivity contribution in [2.24, 2.45) is 0 Å². The molecule has 1 N–H and O–H groups in total. The Morgan fingerprint density at radius 3 is 2.60 bits per heavy atom. The molecule has 2 rings (SSSR count). The van der Waals surface area contributed by atoms with Crippen LogP contribution in [0.4, 0.5) is 13.2 Å². The predicted octanol–water partition coefficient (Wildman–Crippen LogP) is 3.37. The summed E-state index contributed by atoms with van der Waals surface area (Å²) in [7, 11) is 0. The molecule has 15 heavy (non-hydrogen) atoms. The molecule has 1 aromatic heterocycles. The van der Waals surface area contributed by atoms with Gasteiger partial charge in [-0.2, -0.15) is 13.2 Å². The van der Waals surface area contributed by atoms with E-state index in [1.54, 1.807) is 0 Å². The van der Waals surface area contributed by atoms with Crippen LogP contribution < -0.4 is 5.56 Å². The van der Waals surface area contributed by atoms with E-state index in [0.717, 1.165) is 17.6 Å². The Labute approximate surface area is 94.0 Å². The first-order valence-electron chi connectivity index (χ1n) is 3.77. The van der Waals surface area contributed by atoms with E-state index in [2.05, 4.69) is 20.3 Å². The normalized spacial score (nSPS) is 12.3. The van der Waals surface area contributed by atoms with Crippen molar-refractivity contribution in [1.82, 2.24) is 4.37 Å². The molecule has 2 aromatic rings. The molecular weight excluding hydrogens is 295 g/mol. The zero-order valence-electron chi connectivity index (χ0n) is 6.98. The second-order valence-electron chi connectivity index (χ2n) is 2.86. The molecule has 0 saturated heterocycles. The van der Waals surface area contributed by atoms with Crippen LogP contribution in [0.1, 0.15) is 5.56 Å². The Kier molecular flexibility index (Phi) is 2.38. The van der Waals surface area contributed by atoms with Gasteiger partial charge in [0.05, 0.1) is 15.6 Å². The Hall–Kier alpha value is -0.820. The summed E-state index contributed by atoms with van der Waals surface area (Å²) < 4.78 is 40.6. The second-order valence-corrected chi connectivity index (χ2v) is 4.62. The first kappa shape index (κ1) is 10.7. The highest BCUT2D eigenvalue weighted by molar-refractivity contribution is 9.10. The van der Waals surface area contributed by atoms with Crippen LogP contribution in [0.2, 0.25) is 0 Å². The van der Waals surface area contributed by atoms with Gasteiger partial charge in [-0.25, -0.2) is 0 Å². The highest BCUT2D eigenvalue weighted by Crippen LogP contribution is 2.36. The lowest BCUT2D eigenvalue weighted by Crippen LogP contribution is -2.10. The number of hydrogen-bond acceptors (Lipinski definition) is 2. The van der Waals surface area contributed by atoms with Crippen LogP contribution >= 0.6 is 27.5 Å². The molecular formula is C8H3BrF3NOS. The monoisotopic (exact) mass is 297 g/mol. The van der Waals surface area contributed by atoms with E-state index in [1.165, 1.54) is 6.07 Å². The van der Waals surface area contributed by atoms with E-state index >= 15 is 0 Å². The lowest BCUT2D eigenvalue weighted by atomic mass is 10.1. The smallest absolute Gasteiger partial charge is 0.277 e. The quantitative estimate of drug-likeness (QED) is 0.794. The molecule has 0 unspecified atom stereocenters. The Morgan fingerprint density at radius 2 is 2.00 bits per heavy atom. The number of alkyl halides is 3. The number of aromatic amines is 1. The number of fused-ring (bicyclic) bond motifs is 1. The van der Waals surface area contributed by atoms with E-state index in [9.17, 15) is 18.0 Å².